The van der Waals surface area contributed by atoms with Gasteiger partial charge >= 0.3 is 0 Å². The van der Waals surface area contributed by atoms with Gasteiger partial charge in [-0.15, -0.1) is 0 Å². The van der Waals surface area contributed by atoms with Crippen LogP contribution in [-0.4, -0.2) is 30.0 Å². The second-order valence-corrected chi connectivity index (χ2v) is 4.40. The second kappa shape index (κ2) is 6.61. The number of amides is 1. The molecule has 0 saturated heterocycles. The lowest BCUT2D eigenvalue weighted by molar-refractivity contribution is -0.384. The van der Waals surface area contributed by atoms with Crippen molar-refractivity contribution < 1.29 is 19.2 Å². The first kappa shape index (κ1) is 15.4. The topological polar surface area (TPSA) is 106 Å². The first-order chi connectivity index (χ1) is 10.5. The van der Waals surface area contributed by atoms with Crippen LogP contribution in [0.4, 0.5) is 5.69 Å². The minimum absolute atomic E-state index is 0.132. The maximum absolute atomic E-state index is 11.9. The Hall–Kier alpha value is -3.03. The molecule has 0 bridgehead atoms. The van der Waals surface area contributed by atoms with E-state index in [4.69, 9.17) is 9.47 Å². The highest BCUT2D eigenvalue weighted by Crippen LogP contribution is 2.27. The number of aromatic nitrogens is 1. The molecule has 8 nitrogen and oxygen atoms in total. The van der Waals surface area contributed by atoms with Crippen molar-refractivity contribution in [3.05, 3.63) is 51.8 Å². The molecule has 1 aromatic carbocycles. The van der Waals surface area contributed by atoms with Gasteiger partial charge < -0.3 is 19.8 Å². The molecular weight excluding hydrogens is 290 g/mol. The van der Waals surface area contributed by atoms with Crippen LogP contribution in [0.3, 0.4) is 0 Å². The van der Waals surface area contributed by atoms with Gasteiger partial charge in [0.25, 0.3) is 11.6 Å². The Kier molecular flexibility index (Phi) is 4.62. The van der Waals surface area contributed by atoms with Crippen molar-refractivity contribution >= 4 is 11.6 Å². The molecule has 1 amide bonds. The molecule has 0 spiro atoms. The molecule has 0 fully saturated rings. The minimum atomic E-state index is -0.568. The molecule has 2 aromatic rings. The normalized spacial score (nSPS) is 10.1. The molecule has 2 rings (SSSR count). The SMILES string of the molecule is COc1ccc(CNC(=O)c2cc([N+](=O)[O-])c[nH]2)cc1OC. The summed E-state index contributed by atoms with van der Waals surface area (Å²) in [5.41, 5.74) is 0.787. The van der Waals surface area contributed by atoms with E-state index in [-0.39, 0.29) is 17.9 Å². The summed E-state index contributed by atoms with van der Waals surface area (Å²) in [5.74, 6) is 0.727. The number of methoxy groups -OCH3 is 2. The number of hydrogen-bond donors (Lipinski definition) is 2. The summed E-state index contributed by atoms with van der Waals surface area (Å²) in [4.78, 5) is 24.5. The van der Waals surface area contributed by atoms with E-state index < -0.39 is 10.8 Å². The molecule has 22 heavy (non-hydrogen) atoms. The first-order valence-electron chi connectivity index (χ1n) is 6.37. The van der Waals surface area contributed by atoms with E-state index in [2.05, 4.69) is 10.3 Å². The lowest BCUT2D eigenvalue weighted by atomic mass is 10.2. The van der Waals surface area contributed by atoms with E-state index in [1.165, 1.54) is 26.5 Å². The summed E-state index contributed by atoms with van der Waals surface area (Å²) in [5, 5.41) is 13.2. The quantitative estimate of drug-likeness (QED) is 0.626. The van der Waals surface area contributed by atoms with Crippen molar-refractivity contribution in [3.8, 4) is 11.5 Å². The van der Waals surface area contributed by atoms with Crippen molar-refractivity contribution in [2.45, 2.75) is 6.54 Å². The van der Waals surface area contributed by atoms with Gasteiger partial charge in [-0.1, -0.05) is 6.07 Å². The Balaban J connectivity index is 2.02. The van der Waals surface area contributed by atoms with E-state index in [0.717, 1.165) is 5.56 Å². The van der Waals surface area contributed by atoms with Gasteiger partial charge in [-0.05, 0) is 17.7 Å². The van der Waals surface area contributed by atoms with Crippen LogP contribution in [0.15, 0.2) is 30.5 Å². The van der Waals surface area contributed by atoms with Crippen molar-refractivity contribution in [2.75, 3.05) is 14.2 Å². The molecule has 0 saturated carbocycles. The zero-order valence-corrected chi connectivity index (χ0v) is 12.1. The molecule has 8 heteroatoms. The van der Waals surface area contributed by atoms with E-state index in [1.54, 1.807) is 18.2 Å². The van der Waals surface area contributed by atoms with Crippen molar-refractivity contribution in [3.63, 3.8) is 0 Å². The Morgan fingerprint density at radius 2 is 2.00 bits per heavy atom. The third-order valence-electron chi connectivity index (χ3n) is 3.02. The van der Waals surface area contributed by atoms with Gasteiger partial charge in [0.05, 0.1) is 25.3 Å². The van der Waals surface area contributed by atoms with Gasteiger partial charge in [0.15, 0.2) is 11.5 Å². The standard InChI is InChI=1S/C14H15N3O5/c1-21-12-4-3-9(5-13(12)22-2)7-16-14(18)11-6-10(8-15-11)17(19)20/h3-6,8,15H,7H2,1-2H3,(H,16,18). The van der Waals surface area contributed by atoms with E-state index >= 15 is 0 Å². The highest BCUT2D eigenvalue weighted by atomic mass is 16.6. The summed E-state index contributed by atoms with van der Waals surface area (Å²) in [6.45, 7) is 0.256. The van der Waals surface area contributed by atoms with Gasteiger partial charge in [0.2, 0.25) is 0 Å². The Morgan fingerprint density at radius 1 is 1.27 bits per heavy atom. The average molecular weight is 305 g/mol. The predicted octanol–water partition coefficient (Wildman–Crippen LogP) is 1.87. The van der Waals surface area contributed by atoms with Crippen LogP contribution in [0.25, 0.3) is 0 Å². The van der Waals surface area contributed by atoms with Gasteiger partial charge in [-0.2, -0.15) is 0 Å². The first-order valence-corrected chi connectivity index (χ1v) is 6.37. The highest BCUT2D eigenvalue weighted by molar-refractivity contribution is 5.93. The summed E-state index contributed by atoms with van der Waals surface area (Å²) in [6.07, 6.45) is 1.17. The molecule has 1 aromatic heterocycles. The minimum Gasteiger partial charge on any atom is -0.493 e. The number of carbonyl (C=O) groups excluding carboxylic acids is 1. The molecule has 0 atom stereocenters. The molecule has 0 aliphatic rings. The lowest BCUT2D eigenvalue weighted by Crippen LogP contribution is -2.23. The maximum Gasteiger partial charge on any atom is 0.287 e. The van der Waals surface area contributed by atoms with Crippen LogP contribution >= 0.6 is 0 Å². The smallest absolute Gasteiger partial charge is 0.287 e. The Morgan fingerprint density at radius 3 is 2.59 bits per heavy atom. The molecular formula is C14H15N3O5. The van der Waals surface area contributed by atoms with Crippen LogP contribution in [0.1, 0.15) is 16.1 Å². The number of nitrogens with zero attached hydrogens (tertiary/aromatic N) is 1. The van der Waals surface area contributed by atoms with Crippen LogP contribution in [0, 0.1) is 10.1 Å². The molecule has 0 aliphatic carbocycles. The van der Waals surface area contributed by atoms with Crippen LogP contribution < -0.4 is 14.8 Å². The second-order valence-electron chi connectivity index (χ2n) is 4.40. The monoisotopic (exact) mass is 305 g/mol. The van der Waals surface area contributed by atoms with Crippen molar-refractivity contribution in [1.29, 1.82) is 0 Å². The summed E-state index contributed by atoms with van der Waals surface area (Å²) < 4.78 is 10.3. The van der Waals surface area contributed by atoms with Crippen molar-refractivity contribution in [2.24, 2.45) is 0 Å². The fourth-order valence-corrected chi connectivity index (χ4v) is 1.89. The van der Waals surface area contributed by atoms with Gasteiger partial charge in [-0.3, -0.25) is 14.9 Å². The number of nitrogens with one attached hydrogen (secondary N) is 2. The van der Waals surface area contributed by atoms with Gasteiger partial charge in [0, 0.05) is 12.6 Å². The number of hydrogen-bond acceptors (Lipinski definition) is 5. The van der Waals surface area contributed by atoms with Crippen LogP contribution in [0.5, 0.6) is 11.5 Å². The highest BCUT2D eigenvalue weighted by Gasteiger charge is 2.14. The molecule has 116 valence electrons. The predicted molar refractivity (Wildman–Crippen MR) is 78.2 cm³/mol. The van der Waals surface area contributed by atoms with Gasteiger partial charge in [-0.25, -0.2) is 0 Å². The lowest BCUT2D eigenvalue weighted by Gasteiger charge is -2.10. The van der Waals surface area contributed by atoms with E-state index in [1.807, 2.05) is 0 Å². The number of benzene rings is 1. The molecule has 0 radical (unpaired) electrons. The van der Waals surface area contributed by atoms with E-state index in [9.17, 15) is 14.9 Å². The third-order valence-corrected chi connectivity index (χ3v) is 3.02. The zero-order chi connectivity index (χ0) is 16.1. The fourth-order valence-electron chi connectivity index (χ4n) is 1.89. The number of rotatable bonds is 6. The maximum atomic E-state index is 11.9. The number of carbonyl (C=O) groups is 1. The summed E-state index contributed by atoms with van der Waals surface area (Å²) in [6, 6.07) is 6.46. The number of nitro groups is 1. The third kappa shape index (κ3) is 3.35. The number of ether oxygens (including phenoxy) is 2. The fraction of sp³-hybridized carbons (Fsp3) is 0.214. The Bertz CT molecular complexity index is 696. The average Bonchev–Trinajstić information content (AvgIpc) is 3.02. The Labute approximate surface area is 126 Å². The van der Waals surface area contributed by atoms with E-state index in [0.29, 0.717) is 11.5 Å². The van der Waals surface area contributed by atoms with Crippen LogP contribution in [-0.2, 0) is 6.54 Å². The van der Waals surface area contributed by atoms with Gasteiger partial charge in [0.1, 0.15) is 5.69 Å². The van der Waals surface area contributed by atoms with Crippen LogP contribution in [0.2, 0.25) is 0 Å². The zero-order valence-electron chi connectivity index (χ0n) is 12.1. The summed E-state index contributed by atoms with van der Waals surface area (Å²) >= 11 is 0. The molecule has 0 aliphatic heterocycles. The largest absolute Gasteiger partial charge is 0.493 e. The summed E-state index contributed by atoms with van der Waals surface area (Å²) in [7, 11) is 3.07. The number of H-pyrrole nitrogens is 1. The molecule has 0 unspecified atom stereocenters. The molecule has 1 heterocycles. The number of aromatic amines is 1. The molecule has 2 N–H and O–H groups in total. The van der Waals surface area contributed by atoms with Crippen molar-refractivity contribution in [1.82, 2.24) is 10.3 Å².